The molecule has 2 aromatic rings. The highest BCUT2D eigenvalue weighted by atomic mass is 79.9. The lowest BCUT2D eigenvalue weighted by Gasteiger charge is -2.30. The Balaban J connectivity index is 0.00000210. The monoisotopic (exact) mass is 495 g/mol. The third-order valence-corrected chi connectivity index (χ3v) is 5.94. The summed E-state index contributed by atoms with van der Waals surface area (Å²) >= 11 is 3.51. The maximum absolute atomic E-state index is 11.7. The van der Waals surface area contributed by atoms with Gasteiger partial charge in [0, 0.05) is 22.0 Å². The van der Waals surface area contributed by atoms with Crippen molar-refractivity contribution in [3.63, 3.8) is 0 Å². The number of nitrogens with zero attached hydrogens (tertiary/aromatic N) is 2. The van der Waals surface area contributed by atoms with Gasteiger partial charge in [-0.2, -0.15) is 0 Å². The second-order valence-corrected chi connectivity index (χ2v) is 7.90. The molecular formula is C21H25Br2N2O2+. The zero-order valence-electron chi connectivity index (χ0n) is 15.4. The van der Waals surface area contributed by atoms with E-state index in [2.05, 4.69) is 49.9 Å². The Morgan fingerprint density at radius 2 is 1.74 bits per heavy atom. The van der Waals surface area contributed by atoms with Crippen molar-refractivity contribution in [3.8, 4) is 5.75 Å². The molecule has 2 aliphatic heterocycles. The van der Waals surface area contributed by atoms with E-state index >= 15 is 0 Å². The van der Waals surface area contributed by atoms with Crippen LogP contribution in [0.5, 0.6) is 5.75 Å². The summed E-state index contributed by atoms with van der Waals surface area (Å²) in [5, 5.41) is 13.9. The van der Waals surface area contributed by atoms with E-state index in [1.54, 1.807) is 7.11 Å². The molecule has 0 saturated carbocycles. The van der Waals surface area contributed by atoms with Gasteiger partial charge in [-0.15, -0.1) is 26.7 Å². The van der Waals surface area contributed by atoms with E-state index in [1.807, 2.05) is 24.3 Å². The van der Waals surface area contributed by atoms with Crippen molar-refractivity contribution in [1.82, 2.24) is 5.01 Å². The molecule has 0 spiro atoms. The van der Waals surface area contributed by atoms with Gasteiger partial charge in [0.05, 0.1) is 20.1 Å². The van der Waals surface area contributed by atoms with Crippen LogP contribution in [0.3, 0.4) is 0 Å². The predicted octanol–water partition coefficient (Wildman–Crippen LogP) is 4.49. The molecule has 144 valence electrons. The van der Waals surface area contributed by atoms with Crippen molar-refractivity contribution in [2.75, 3.05) is 20.2 Å². The van der Waals surface area contributed by atoms with Gasteiger partial charge in [0.2, 0.25) is 11.4 Å². The van der Waals surface area contributed by atoms with E-state index < -0.39 is 5.72 Å². The van der Waals surface area contributed by atoms with Crippen LogP contribution in [0.4, 0.5) is 0 Å². The number of hydrogen-bond donors (Lipinski definition) is 1. The summed E-state index contributed by atoms with van der Waals surface area (Å²) in [6.07, 6.45) is 4.03. The molecule has 0 aliphatic carbocycles. The van der Waals surface area contributed by atoms with Crippen LogP contribution >= 0.6 is 32.9 Å². The summed E-state index contributed by atoms with van der Waals surface area (Å²) in [6, 6.07) is 16.2. The maximum Gasteiger partial charge on any atom is 0.225 e. The third kappa shape index (κ3) is 3.80. The molecule has 2 heterocycles. The normalized spacial score (nSPS) is 22.1. The van der Waals surface area contributed by atoms with Gasteiger partial charge in [0.25, 0.3) is 0 Å². The highest BCUT2D eigenvalue weighted by Crippen LogP contribution is 2.38. The number of fused-ring (bicyclic) bond motifs is 1. The van der Waals surface area contributed by atoms with Crippen LogP contribution in [-0.2, 0) is 5.72 Å². The first kappa shape index (κ1) is 20.4. The summed E-state index contributed by atoms with van der Waals surface area (Å²) in [7, 11) is 1.66. The number of hydrogen-bond acceptors (Lipinski definition) is 3. The quantitative estimate of drug-likeness (QED) is 0.636. The molecule has 0 bridgehead atoms. The van der Waals surface area contributed by atoms with Crippen LogP contribution in [0, 0.1) is 0 Å². The molecule has 2 aliphatic rings. The van der Waals surface area contributed by atoms with Gasteiger partial charge in [-0.05, 0) is 49.2 Å². The number of methoxy groups -OCH3 is 1. The zero-order valence-corrected chi connectivity index (χ0v) is 18.7. The second kappa shape index (κ2) is 8.33. The molecule has 0 amide bonds. The second-order valence-electron chi connectivity index (χ2n) is 6.98. The van der Waals surface area contributed by atoms with Crippen LogP contribution in [0.15, 0.2) is 53.0 Å². The predicted molar refractivity (Wildman–Crippen MR) is 116 cm³/mol. The summed E-state index contributed by atoms with van der Waals surface area (Å²) < 4.78 is 8.65. The van der Waals surface area contributed by atoms with E-state index in [9.17, 15) is 5.11 Å². The zero-order chi connectivity index (χ0) is 18.1. The van der Waals surface area contributed by atoms with E-state index in [0.717, 1.165) is 41.7 Å². The molecule has 6 heteroatoms. The number of ether oxygens (including phenoxy) is 1. The van der Waals surface area contributed by atoms with Crippen molar-refractivity contribution >= 4 is 38.6 Å². The van der Waals surface area contributed by atoms with Crippen LogP contribution in [0.1, 0.15) is 36.8 Å². The van der Waals surface area contributed by atoms with Crippen LogP contribution in [0.25, 0.3) is 0 Å². The van der Waals surface area contributed by atoms with Crippen LogP contribution < -0.4 is 4.74 Å². The minimum atomic E-state index is -1.01. The van der Waals surface area contributed by atoms with E-state index in [1.165, 1.54) is 17.7 Å². The summed E-state index contributed by atoms with van der Waals surface area (Å²) in [6.45, 7) is 1.81. The number of aliphatic hydroxyl groups is 1. The Morgan fingerprint density at radius 1 is 1.04 bits per heavy atom. The Bertz CT molecular complexity index is 821. The molecule has 1 atom stereocenters. The number of hydrazine groups is 1. The van der Waals surface area contributed by atoms with Crippen molar-refractivity contribution < 1.29 is 14.5 Å². The van der Waals surface area contributed by atoms with Gasteiger partial charge in [0.15, 0.2) is 6.54 Å². The number of hydrazone groups is 1. The van der Waals surface area contributed by atoms with Gasteiger partial charge in [-0.1, -0.05) is 28.1 Å². The summed E-state index contributed by atoms with van der Waals surface area (Å²) in [4.78, 5) is 0. The fourth-order valence-electron chi connectivity index (χ4n) is 4.03. The maximum atomic E-state index is 11.7. The van der Waals surface area contributed by atoms with Gasteiger partial charge in [0.1, 0.15) is 5.75 Å². The average Bonchev–Trinajstić information content (AvgIpc) is 2.82. The average molecular weight is 497 g/mol. The lowest BCUT2D eigenvalue weighted by atomic mass is 9.94. The lowest BCUT2D eigenvalue weighted by Crippen LogP contribution is -2.46. The summed E-state index contributed by atoms with van der Waals surface area (Å²) in [5.41, 5.74) is 2.26. The number of rotatable bonds is 3. The number of halogens is 2. The van der Waals surface area contributed by atoms with Gasteiger partial charge in [-0.3, -0.25) is 0 Å². The summed E-state index contributed by atoms with van der Waals surface area (Å²) in [5.74, 6) is 0.806. The number of benzene rings is 2. The molecule has 4 rings (SSSR count). The fraction of sp³-hybridized carbons (Fsp3) is 0.381. The van der Waals surface area contributed by atoms with Crippen LogP contribution in [0.2, 0.25) is 0 Å². The van der Waals surface area contributed by atoms with Gasteiger partial charge >= 0.3 is 0 Å². The SMILES string of the molecule is Br.COc1ccc(C2(O)CC(c3ccc(Br)cc3)=[N+]3CCCCCN32)cc1. The largest absolute Gasteiger partial charge is 0.497 e. The van der Waals surface area contributed by atoms with E-state index in [4.69, 9.17) is 4.74 Å². The molecule has 1 unspecified atom stereocenters. The lowest BCUT2D eigenvalue weighted by molar-refractivity contribution is -0.706. The first-order chi connectivity index (χ1) is 12.6. The molecule has 1 saturated heterocycles. The minimum absolute atomic E-state index is 0. The fourth-order valence-corrected chi connectivity index (χ4v) is 4.29. The first-order valence-electron chi connectivity index (χ1n) is 9.15. The van der Waals surface area contributed by atoms with Gasteiger partial charge in [-0.25, -0.2) is 0 Å². The Kier molecular flexibility index (Phi) is 6.28. The Labute approximate surface area is 179 Å². The molecule has 1 N–H and O–H groups in total. The van der Waals surface area contributed by atoms with Crippen LogP contribution in [-0.4, -0.2) is 40.7 Å². The smallest absolute Gasteiger partial charge is 0.225 e. The van der Waals surface area contributed by atoms with E-state index in [-0.39, 0.29) is 17.0 Å². The molecule has 0 radical (unpaired) electrons. The standard InChI is InChI=1S/C21H24BrN2O2.BrH/c1-26-19-11-7-17(8-12-19)21(25)15-20(16-5-9-18(22)10-6-16)23-13-3-2-4-14-24(21)23;/h5-12,25H,2-4,13-15H2,1H3;1H/q+1;. The molecule has 4 nitrogen and oxygen atoms in total. The molecule has 1 fully saturated rings. The Hall–Kier alpha value is -1.37. The first-order valence-corrected chi connectivity index (χ1v) is 9.95. The highest BCUT2D eigenvalue weighted by Gasteiger charge is 2.52. The van der Waals surface area contributed by atoms with Gasteiger partial charge < -0.3 is 9.84 Å². The highest BCUT2D eigenvalue weighted by molar-refractivity contribution is 9.10. The molecule has 2 aromatic carbocycles. The topological polar surface area (TPSA) is 35.7 Å². The van der Waals surface area contributed by atoms with E-state index in [0.29, 0.717) is 6.42 Å². The van der Waals surface area contributed by atoms with Crippen molar-refractivity contribution in [1.29, 1.82) is 0 Å². The third-order valence-electron chi connectivity index (χ3n) is 5.41. The molecule has 27 heavy (non-hydrogen) atoms. The van der Waals surface area contributed by atoms with Crippen molar-refractivity contribution in [2.45, 2.75) is 31.4 Å². The van der Waals surface area contributed by atoms with Crippen molar-refractivity contribution in [3.05, 3.63) is 64.1 Å². The minimum Gasteiger partial charge on any atom is -0.497 e. The van der Waals surface area contributed by atoms with Crippen molar-refractivity contribution in [2.24, 2.45) is 0 Å². The Morgan fingerprint density at radius 3 is 2.41 bits per heavy atom. The molecule has 0 aromatic heterocycles. The molecular weight excluding hydrogens is 472 g/mol.